The Morgan fingerprint density at radius 1 is 1.15 bits per heavy atom. The molecule has 3 rings (SSSR count). The molecule has 2 heterocycles. The summed E-state index contributed by atoms with van der Waals surface area (Å²) in [6, 6.07) is 11.5. The van der Waals surface area contributed by atoms with Gasteiger partial charge in [0, 0.05) is 50.4 Å². The molecule has 2 aromatic rings. The third-order valence-electron chi connectivity index (χ3n) is 4.94. The molecule has 1 amide bonds. The molecule has 138 valence electrons. The standard InChI is InChI=1S/C19H23N3O4/c23-16(6-10-22-11-7-17(24)21-18(22)25)20-14-19(8-12-26-13-9-19)15-4-2-1-3-5-15/h1-5,7,11H,6,8-10,12-14H2,(H,20,23)(H,21,24,25). The van der Waals surface area contributed by atoms with Gasteiger partial charge in [0.15, 0.2) is 0 Å². The second kappa shape index (κ2) is 8.14. The lowest BCUT2D eigenvalue weighted by Crippen LogP contribution is -2.44. The van der Waals surface area contributed by atoms with Crippen LogP contribution in [0.1, 0.15) is 24.8 Å². The number of ether oxygens (including phenoxy) is 1. The van der Waals surface area contributed by atoms with Gasteiger partial charge in [-0.2, -0.15) is 0 Å². The minimum atomic E-state index is -0.504. The molecule has 0 radical (unpaired) electrons. The zero-order valence-electron chi connectivity index (χ0n) is 14.6. The highest BCUT2D eigenvalue weighted by molar-refractivity contribution is 5.76. The van der Waals surface area contributed by atoms with E-state index in [9.17, 15) is 14.4 Å². The summed E-state index contributed by atoms with van der Waals surface area (Å²) >= 11 is 0. The maximum Gasteiger partial charge on any atom is 0.328 e. The molecular weight excluding hydrogens is 334 g/mol. The Balaban J connectivity index is 1.61. The van der Waals surface area contributed by atoms with Crippen molar-refractivity contribution in [3.63, 3.8) is 0 Å². The predicted molar refractivity (Wildman–Crippen MR) is 97.1 cm³/mol. The van der Waals surface area contributed by atoms with Crippen molar-refractivity contribution in [3.05, 3.63) is 69.0 Å². The Kier molecular flexibility index (Phi) is 5.68. The molecule has 7 heteroatoms. The number of aryl methyl sites for hydroxylation is 1. The Bertz CT molecular complexity index is 851. The molecule has 0 atom stereocenters. The Morgan fingerprint density at radius 3 is 2.58 bits per heavy atom. The van der Waals surface area contributed by atoms with E-state index in [-0.39, 0.29) is 24.3 Å². The van der Waals surface area contributed by atoms with Crippen LogP contribution in [0.5, 0.6) is 0 Å². The molecule has 1 fully saturated rings. The van der Waals surface area contributed by atoms with Crippen molar-refractivity contribution >= 4 is 5.91 Å². The van der Waals surface area contributed by atoms with Gasteiger partial charge in [0.25, 0.3) is 5.56 Å². The molecule has 1 aliphatic rings. The molecule has 0 spiro atoms. The minimum Gasteiger partial charge on any atom is -0.381 e. The zero-order valence-corrected chi connectivity index (χ0v) is 14.6. The number of hydrogen-bond acceptors (Lipinski definition) is 4. The van der Waals surface area contributed by atoms with Crippen molar-refractivity contribution in [2.24, 2.45) is 0 Å². The first kappa shape index (κ1) is 18.1. The number of aromatic nitrogens is 2. The smallest absolute Gasteiger partial charge is 0.328 e. The van der Waals surface area contributed by atoms with E-state index in [4.69, 9.17) is 4.74 Å². The van der Waals surface area contributed by atoms with Crippen LogP contribution in [0.4, 0.5) is 0 Å². The molecule has 0 unspecified atom stereocenters. The number of nitrogens with one attached hydrogen (secondary N) is 2. The number of hydrogen-bond donors (Lipinski definition) is 2. The second-order valence-electron chi connectivity index (χ2n) is 6.59. The van der Waals surface area contributed by atoms with E-state index < -0.39 is 11.2 Å². The third-order valence-corrected chi connectivity index (χ3v) is 4.94. The summed E-state index contributed by atoms with van der Waals surface area (Å²) in [7, 11) is 0. The van der Waals surface area contributed by atoms with Gasteiger partial charge in [-0.1, -0.05) is 30.3 Å². The summed E-state index contributed by atoms with van der Waals surface area (Å²) in [5, 5.41) is 3.01. The van der Waals surface area contributed by atoms with Gasteiger partial charge in [0.2, 0.25) is 5.91 Å². The van der Waals surface area contributed by atoms with Crippen LogP contribution in [0.2, 0.25) is 0 Å². The van der Waals surface area contributed by atoms with Gasteiger partial charge in [-0.05, 0) is 18.4 Å². The maximum absolute atomic E-state index is 12.3. The van der Waals surface area contributed by atoms with Crippen molar-refractivity contribution in [2.75, 3.05) is 19.8 Å². The molecule has 1 saturated heterocycles. The summed E-state index contributed by atoms with van der Waals surface area (Å²) < 4.78 is 6.82. The minimum absolute atomic E-state index is 0.120. The van der Waals surface area contributed by atoms with Gasteiger partial charge in [0.1, 0.15) is 0 Å². The SMILES string of the molecule is O=C(CCn1ccc(=O)[nH]c1=O)NCC1(c2ccccc2)CCOCC1. The first-order valence-electron chi connectivity index (χ1n) is 8.79. The fourth-order valence-electron chi connectivity index (χ4n) is 3.32. The zero-order chi connectivity index (χ0) is 18.4. The summed E-state index contributed by atoms with van der Waals surface area (Å²) in [5.74, 6) is -0.120. The third kappa shape index (κ3) is 4.29. The monoisotopic (exact) mass is 357 g/mol. The summed E-state index contributed by atoms with van der Waals surface area (Å²) in [6.45, 7) is 2.12. The van der Waals surface area contributed by atoms with Crippen LogP contribution in [-0.2, 0) is 21.5 Å². The quantitative estimate of drug-likeness (QED) is 0.799. The molecule has 0 bridgehead atoms. The van der Waals surface area contributed by atoms with E-state index in [0.717, 1.165) is 12.8 Å². The highest BCUT2D eigenvalue weighted by atomic mass is 16.5. The van der Waals surface area contributed by atoms with Crippen LogP contribution in [0.25, 0.3) is 0 Å². The Labute approximate surface area is 151 Å². The van der Waals surface area contributed by atoms with Gasteiger partial charge >= 0.3 is 5.69 Å². The van der Waals surface area contributed by atoms with Gasteiger partial charge in [0.05, 0.1) is 0 Å². The average molecular weight is 357 g/mol. The topological polar surface area (TPSA) is 93.2 Å². The van der Waals surface area contributed by atoms with Gasteiger partial charge in [-0.25, -0.2) is 4.79 Å². The highest BCUT2D eigenvalue weighted by Gasteiger charge is 2.34. The van der Waals surface area contributed by atoms with Crippen LogP contribution >= 0.6 is 0 Å². The summed E-state index contributed by atoms with van der Waals surface area (Å²) in [5.41, 5.74) is 0.139. The van der Waals surface area contributed by atoms with Crippen molar-refractivity contribution < 1.29 is 9.53 Å². The van der Waals surface area contributed by atoms with E-state index in [1.807, 2.05) is 18.2 Å². The molecule has 1 aromatic heterocycles. The number of rotatable bonds is 6. The maximum atomic E-state index is 12.3. The van der Waals surface area contributed by atoms with Crippen LogP contribution < -0.4 is 16.6 Å². The fourth-order valence-corrected chi connectivity index (χ4v) is 3.32. The van der Waals surface area contributed by atoms with Crippen molar-refractivity contribution in [2.45, 2.75) is 31.2 Å². The molecular formula is C19H23N3O4. The van der Waals surface area contributed by atoms with Crippen molar-refractivity contribution in [1.82, 2.24) is 14.9 Å². The lowest BCUT2D eigenvalue weighted by Gasteiger charge is -2.38. The molecule has 0 saturated carbocycles. The average Bonchev–Trinajstić information content (AvgIpc) is 2.67. The summed E-state index contributed by atoms with van der Waals surface area (Å²) in [6.07, 6.45) is 3.29. The lowest BCUT2D eigenvalue weighted by atomic mass is 9.74. The first-order chi connectivity index (χ1) is 12.6. The van der Waals surface area contributed by atoms with E-state index in [1.54, 1.807) is 0 Å². The van der Waals surface area contributed by atoms with Crippen molar-refractivity contribution in [3.8, 4) is 0 Å². The van der Waals surface area contributed by atoms with Gasteiger partial charge in [-0.15, -0.1) is 0 Å². The first-order valence-corrected chi connectivity index (χ1v) is 8.79. The fraction of sp³-hybridized carbons (Fsp3) is 0.421. The molecule has 2 N–H and O–H groups in total. The van der Waals surface area contributed by atoms with Gasteiger partial charge < -0.3 is 14.6 Å². The number of aromatic amines is 1. The molecule has 26 heavy (non-hydrogen) atoms. The Morgan fingerprint density at radius 2 is 1.88 bits per heavy atom. The molecule has 7 nitrogen and oxygen atoms in total. The molecule has 0 aliphatic carbocycles. The van der Waals surface area contributed by atoms with Gasteiger partial charge in [-0.3, -0.25) is 14.6 Å². The number of H-pyrrole nitrogens is 1. The number of carbonyl (C=O) groups is 1. The van der Waals surface area contributed by atoms with Crippen LogP contribution in [0.3, 0.4) is 0 Å². The van der Waals surface area contributed by atoms with Crippen LogP contribution in [0.15, 0.2) is 52.2 Å². The predicted octanol–water partition coefficient (Wildman–Crippen LogP) is 0.791. The number of amides is 1. The van der Waals surface area contributed by atoms with Crippen molar-refractivity contribution in [1.29, 1.82) is 0 Å². The molecule has 1 aromatic carbocycles. The van der Waals surface area contributed by atoms with E-state index >= 15 is 0 Å². The number of carbonyl (C=O) groups excluding carboxylic acids is 1. The second-order valence-corrected chi connectivity index (χ2v) is 6.59. The Hall–Kier alpha value is -2.67. The normalized spacial score (nSPS) is 16.2. The van der Waals surface area contributed by atoms with Crippen LogP contribution in [0, 0.1) is 0 Å². The van der Waals surface area contributed by atoms with Crippen LogP contribution in [-0.4, -0.2) is 35.2 Å². The highest BCUT2D eigenvalue weighted by Crippen LogP contribution is 2.34. The number of nitrogens with zero attached hydrogens (tertiary/aromatic N) is 1. The van der Waals surface area contributed by atoms with E-state index in [2.05, 4.69) is 22.4 Å². The summed E-state index contributed by atoms with van der Waals surface area (Å²) in [4.78, 5) is 37.2. The molecule has 1 aliphatic heterocycles. The lowest BCUT2D eigenvalue weighted by molar-refractivity contribution is -0.121. The van der Waals surface area contributed by atoms with E-state index in [1.165, 1.54) is 22.4 Å². The number of benzene rings is 1. The largest absolute Gasteiger partial charge is 0.381 e. The van der Waals surface area contributed by atoms with E-state index in [0.29, 0.717) is 19.8 Å².